The molecule has 0 aliphatic carbocycles. The van der Waals surface area contributed by atoms with E-state index in [1.165, 1.54) is 19.6 Å². The zero-order valence-electron chi connectivity index (χ0n) is 37.4. The fraction of sp³-hybridized carbons (Fsp3) is 0.273. The lowest BCUT2D eigenvalue weighted by Crippen LogP contribution is -2.31. The monoisotopic (exact) mass is 1010 g/mol. The van der Waals surface area contributed by atoms with Gasteiger partial charge in [0, 0.05) is 45.8 Å². The van der Waals surface area contributed by atoms with Gasteiger partial charge in [-0.05, 0) is 172 Å². The van der Waals surface area contributed by atoms with Crippen molar-refractivity contribution >= 4 is 141 Å². The third kappa shape index (κ3) is 29.2. The minimum absolute atomic E-state index is 0.541. The smallest absolute Gasteiger partial charge is 0.186 e. The number of nitrogens with zero attached hydrogens (tertiary/aromatic N) is 4. The number of hydrazone groups is 4. The molecule has 12 nitrogen and oxygen atoms in total. The van der Waals surface area contributed by atoms with Crippen LogP contribution in [0.1, 0.15) is 49.9 Å². The summed E-state index contributed by atoms with van der Waals surface area (Å²) in [6.45, 7) is 11.1. The van der Waals surface area contributed by atoms with Crippen molar-refractivity contribution in [1.82, 2.24) is 43.0 Å². The molecule has 0 heterocycles. The molecule has 64 heavy (non-hydrogen) atoms. The number of hydrogen-bond donors (Lipinski definition) is 8. The standard InChI is InChI=1S/4C11H15N3S2/c4*1-3-12-11(15)14-13-8-9-4-6-10(16-2)7-5-9/h4*4-8H,3H2,1-2H3,(H2,12,14,15)/b4*13-8+. The van der Waals surface area contributed by atoms with Gasteiger partial charge in [0.15, 0.2) is 20.4 Å². The number of benzene rings is 4. The quantitative estimate of drug-likeness (QED) is 0.0234. The van der Waals surface area contributed by atoms with Gasteiger partial charge in [-0.25, -0.2) is 0 Å². The Morgan fingerprint density at radius 2 is 0.531 bits per heavy atom. The fourth-order valence-corrected chi connectivity index (χ4v) is 6.64. The van der Waals surface area contributed by atoms with E-state index in [2.05, 4.69) is 137 Å². The summed E-state index contributed by atoms with van der Waals surface area (Å²) in [7, 11) is 0. The van der Waals surface area contributed by atoms with Gasteiger partial charge in [-0.3, -0.25) is 21.7 Å². The second-order valence-electron chi connectivity index (χ2n) is 12.0. The van der Waals surface area contributed by atoms with Crippen LogP contribution in [0.2, 0.25) is 0 Å². The number of rotatable bonds is 16. The maximum absolute atomic E-state index is 4.97. The van der Waals surface area contributed by atoms with Crippen molar-refractivity contribution in [2.75, 3.05) is 51.2 Å². The zero-order valence-corrected chi connectivity index (χ0v) is 44.0. The molecule has 20 heteroatoms. The Balaban J connectivity index is 0.000000427. The summed E-state index contributed by atoms with van der Waals surface area (Å²) < 4.78 is 0. The first kappa shape index (κ1) is 57.7. The van der Waals surface area contributed by atoms with Crippen LogP contribution in [-0.2, 0) is 0 Å². The maximum Gasteiger partial charge on any atom is 0.186 e. The van der Waals surface area contributed by atoms with Crippen molar-refractivity contribution in [3.05, 3.63) is 119 Å². The molecule has 0 saturated heterocycles. The van der Waals surface area contributed by atoms with Gasteiger partial charge in [-0.15, -0.1) is 47.0 Å². The summed E-state index contributed by atoms with van der Waals surface area (Å²) >= 11 is 26.8. The molecule has 0 saturated carbocycles. The number of hydrogen-bond acceptors (Lipinski definition) is 12. The molecule has 4 rings (SSSR count). The topological polar surface area (TPSA) is 146 Å². The summed E-state index contributed by atoms with van der Waals surface area (Å²) in [5.41, 5.74) is 15.2. The molecule has 0 radical (unpaired) electrons. The zero-order chi connectivity index (χ0) is 47.2. The van der Waals surface area contributed by atoms with Crippen molar-refractivity contribution in [3.63, 3.8) is 0 Å². The average molecular weight is 1010 g/mol. The Kier molecular flexibility index (Phi) is 34.3. The third-order valence-corrected chi connectivity index (χ3v) is 11.2. The van der Waals surface area contributed by atoms with Gasteiger partial charge in [0.1, 0.15) is 0 Å². The van der Waals surface area contributed by atoms with Crippen LogP contribution in [0.5, 0.6) is 0 Å². The second-order valence-corrected chi connectivity index (χ2v) is 17.2. The molecule has 8 N–H and O–H groups in total. The van der Waals surface area contributed by atoms with Gasteiger partial charge in [0.2, 0.25) is 0 Å². The van der Waals surface area contributed by atoms with Crippen LogP contribution in [0.4, 0.5) is 0 Å². The largest absolute Gasteiger partial charge is 0.362 e. The first-order valence-corrected chi connectivity index (χ1v) is 26.4. The summed E-state index contributed by atoms with van der Waals surface area (Å²) in [6.07, 6.45) is 15.2. The Bertz CT molecular complexity index is 1730. The highest BCUT2D eigenvalue weighted by atomic mass is 32.2. The van der Waals surface area contributed by atoms with E-state index < -0.39 is 0 Å². The van der Waals surface area contributed by atoms with Crippen molar-refractivity contribution in [1.29, 1.82) is 0 Å². The van der Waals surface area contributed by atoms with E-state index in [9.17, 15) is 0 Å². The minimum atomic E-state index is 0.541. The van der Waals surface area contributed by atoms with Gasteiger partial charge < -0.3 is 21.3 Å². The fourth-order valence-electron chi connectivity index (χ4n) is 4.22. The Labute approximate surface area is 419 Å². The summed E-state index contributed by atoms with van der Waals surface area (Å²) in [4.78, 5) is 4.98. The molecule has 0 aliphatic heterocycles. The molecule has 0 aliphatic rings. The molecular formula is C44H60N12S8. The normalized spacial score (nSPS) is 10.4. The highest BCUT2D eigenvalue weighted by Gasteiger charge is 1.95. The Morgan fingerprint density at radius 1 is 0.359 bits per heavy atom. The van der Waals surface area contributed by atoms with Gasteiger partial charge >= 0.3 is 0 Å². The summed E-state index contributed by atoms with van der Waals surface area (Å²) in [6, 6.07) is 32.7. The van der Waals surface area contributed by atoms with Crippen LogP contribution in [0, 0.1) is 0 Å². The predicted molar refractivity (Wildman–Crippen MR) is 301 cm³/mol. The van der Waals surface area contributed by atoms with Crippen LogP contribution < -0.4 is 43.0 Å². The first-order valence-electron chi connectivity index (χ1n) is 19.9. The van der Waals surface area contributed by atoms with Gasteiger partial charge in [-0.2, -0.15) is 20.4 Å². The summed E-state index contributed by atoms with van der Waals surface area (Å²) in [5, 5.41) is 30.1. The van der Waals surface area contributed by atoms with Crippen LogP contribution in [0.15, 0.2) is 137 Å². The molecule has 0 atom stereocenters. The summed E-state index contributed by atoms with van der Waals surface area (Å²) in [5.74, 6) is 0. The highest BCUT2D eigenvalue weighted by Crippen LogP contribution is 2.16. The van der Waals surface area contributed by atoms with Gasteiger partial charge in [0.05, 0.1) is 24.9 Å². The maximum atomic E-state index is 4.97. The molecule has 4 aromatic rings. The van der Waals surface area contributed by atoms with Gasteiger partial charge in [-0.1, -0.05) is 48.5 Å². The second kappa shape index (κ2) is 38.0. The molecule has 344 valence electrons. The molecule has 0 bridgehead atoms. The highest BCUT2D eigenvalue weighted by molar-refractivity contribution is 7.99. The third-order valence-electron chi connectivity index (χ3n) is 7.33. The minimum Gasteiger partial charge on any atom is -0.362 e. The Morgan fingerprint density at radius 3 is 0.672 bits per heavy atom. The predicted octanol–water partition coefficient (Wildman–Crippen LogP) is 8.91. The Hall–Kier alpha value is -4.28. The van der Waals surface area contributed by atoms with E-state index in [1.54, 1.807) is 71.9 Å². The van der Waals surface area contributed by atoms with E-state index in [-0.39, 0.29) is 0 Å². The van der Waals surface area contributed by atoms with Crippen LogP contribution >= 0.6 is 95.9 Å². The SMILES string of the molecule is CCNC(=S)N/N=C/c1ccc(SC)cc1.CCNC(=S)N/N=C/c1ccc(SC)cc1.CCNC(=S)N/N=C/c1ccc(SC)cc1.CCNC(=S)N/N=C/c1ccc(SC)cc1. The van der Waals surface area contributed by atoms with E-state index in [1.807, 2.05) is 76.2 Å². The lowest BCUT2D eigenvalue weighted by molar-refractivity contribution is 0.904. The van der Waals surface area contributed by atoms with Crippen molar-refractivity contribution in [2.45, 2.75) is 47.3 Å². The average Bonchev–Trinajstić information content (AvgIpc) is 3.31. The molecule has 0 aromatic heterocycles. The molecule has 0 amide bonds. The van der Waals surface area contributed by atoms with Crippen molar-refractivity contribution < 1.29 is 0 Å². The van der Waals surface area contributed by atoms with Crippen LogP contribution in [0.25, 0.3) is 0 Å². The van der Waals surface area contributed by atoms with Crippen molar-refractivity contribution in [2.24, 2.45) is 20.4 Å². The molecular weight excluding hydrogens is 953 g/mol. The lowest BCUT2D eigenvalue weighted by Gasteiger charge is -2.02. The van der Waals surface area contributed by atoms with E-state index in [4.69, 9.17) is 48.9 Å². The number of thiocarbonyl (C=S) groups is 4. The number of nitrogens with one attached hydrogen (secondary N) is 8. The number of thioether (sulfide) groups is 4. The van der Waals surface area contributed by atoms with E-state index in [0.29, 0.717) is 20.4 Å². The van der Waals surface area contributed by atoms with Crippen LogP contribution in [-0.4, -0.2) is 96.5 Å². The van der Waals surface area contributed by atoms with Crippen molar-refractivity contribution in [3.8, 4) is 0 Å². The lowest BCUT2D eigenvalue weighted by atomic mass is 10.2. The molecule has 4 aromatic carbocycles. The van der Waals surface area contributed by atoms with E-state index >= 15 is 0 Å². The van der Waals surface area contributed by atoms with E-state index in [0.717, 1.165) is 48.4 Å². The first-order chi connectivity index (χ1) is 31.0. The molecule has 0 fully saturated rings. The van der Waals surface area contributed by atoms with Gasteiger partial charge in [0.25, 0.3) is 0 Å². The van der Waals surface area contributed by atoms with Crippen LogP contribution in [0.3, 0.4) is 0 Å². The molecule has 0 spiro atoms. The molecule has 0 unspecified atom stereocenters.